The van der Waals surface area contributed by atoms with E-state index in [-0.39, 0.29) is 24.6 Å². The van der Waals surface area contributed by atoms with Crippen LogP contribution in [0.25, 0.3) is 0 Å². The molecule has 2 fully saturated rings. The molecular weight excluding hydrogens is 296 g/mol. The zero-order valence-corrected chi connectivity index (χ0v) is 14.8. The van der Waals surface area contributed by atoms with Crippen molar-refractivity contribution in [3.8, 4) is 0 Å². The lowest BCUT2D eigenvalue weighted by molar-refractivity contribution is -0.140. The predicted octanol–water partition coefficient (Wildman–Crippen LogP) is 2.27. The van der Waals surface area contributed by atoms with Gasteiger partial charge in [0.25, 0.3) is 0 Å². The summed E-state index contributed by atoms with van der Waals surface area (Å²) in [5, 5.41) is 0. The molecule has 0 aromatic heterocycles. The molecule has 2 amide bonds. The van der Waals surface area contributed by atoms with Gasteiger partial charge in [-0.05, 0) is 52.4 Å². The van der Waals surface area contributed by atoms with Crippen molar-refractivity contribution >= 4 is 12.0 Å². The minimum absolute atomic E-state index is 0.0629. The van der Waals surface area contributed by atoms with Gasteiger partial charge in [0.15, 0.2) is 0 Å². The summed E-state index contributed by atoms with van der Waals surface area (Å²) in [7, 11) is 1.55. The van der Waals surface area contributed by atoms with Gasteiger partial charge in [0, 0.05) is 32.8 Å². The van der Waals surface area contributed by atoms with Crippen LogP contribution in [0.15, 0.2) is 0 Å². The smallest absolute Gasteiger partial charge is 0.410 e. The van der Waals surface area contributed by atoms with E-state index in [1.807, 2.05) is 25.7 Å². The van der Waals surface area contributed by atoms with Gasteiger partial charge in [-0.15, -0.1) is 0 Å². The average Bonchev–Trinajstić information content (AvgIpc) is 2.95. The number of likely N-dealkylation sites (tertiary alicyclic amines) is 2. The lowest BCUT2D eigenvalue weighted by Gasteiger charge is -2.39. The summed E-state index contributed by atoms with van der Waals surface area (Å²) in [6.45, 7) is 7.97. The molecule has 0 N–H and O–H groups in total. The molecule has 2 aliphatic heterocycles. The fraction of sp³-hybridized carbons (Fsp3) is 0.882. The van der Waals surface area contributed by atoms with Crippen molar-refractivity contribution in [1.29, 1.82) is 0 Å². The van der Waals surface area contributed by atoms with Crippen LogP contribution in [0.2, 0.25) is 0 Å². The first-order chi connectivity index (χ1) is 10.8. The van der Waals surface area contributed by atoms with Crippen molar-refractivity contribution in [1.82, 2.24) is 9.80 Å². The van der Waals surface area contributed by atoms with E-state index in [1.54, 1.807) is 12.0 Å². The predicted molar refractivity (Wildman–Crippen MR) is 87.1 cm³/mol. The van der Waals surface area contributed by atoms with Gasteiger partial charge in [0.2, 0.25) is 5.91 Å². The van der Waals surface area contributed by atoms with Gasteiger partial charge in [0.05, 0.1) is 0 Å². The highest BCUT2D eigenvalue weighted by Gasteiger charge is 2.38. The van der Waals surface area contributed by atoms with E-state index >= 15 is 0 Å². The second-order valence-electron chi connectivity index (χ2n) is 7.56. The Bertz CT molecular complexity index is 433. The Morgan fingerprint density at radius 2 is 1.87 bits per heavy atom. The zero-order valence-electron chi connectivity index (χ0n) is 14.8. The lowest BCUT2D eigenvalue weighted by atomic mass is 9.89. The number of piperidine rings is 1. The van der Waals surface area contributed by atoms with E-state index in [0.717, 1.165) is 32.2 Å². The Morgan fingerprint density at radius 1 is 1.13 bits per heavy atom. The first-order valence-electron chi connectivity index (χ1n) is 8.58. The molecular formula is C17H30N2O4. The Kier molecular flexibility index (Phi) is 5.89. The molecule has 0 aromatic carbocycles. The Labute approximate surface area is 139 Å². The SMILES string of the molecule is COCC(=O)N1CCCC[C@@H]1[C@@H]1CCN(C(=O)OC(C)(C)C)C1. The third-order valence-electron chi connectivity index (χ3n) is 4.56. The molecule has 0 aromatic rings. The standard InChI is InChI=1S/C17H30N2O4/c1-17(2,3)23-16(21)18-10-8-13(11-18)14-7-5-6-9-19(14)15(20)12-22-4/h13-14H,5-12H2,1-4H3/t13-,14-/m1/s1. The normalized spacial score (nSPS) is 25.6. The summed E-state index contributed by atoms with van der Waals surface area (Å²) >= 11 is 0. The van der Waals surface area contributed by atoms with Crippen LogP contribution in [0, 0.1) is 5.92 Å². The van der Waals surface area contributed by atoms with Crippen LogP contribution in [0.4, 0.5) is 4.79 Å². The van der Waals surface area contributed by atoms with Crippen LogP contribution in [0.5, 0.6) is 0 Å². The van der Waals surface area contributed by atoms with Crippen LogP contribution in [-0.4, -0.2) is 66.8 Å². The highest BCUT2D eigenvalue weighted by molar-refractivity contribution is 5.78. The molecule has 0 spiro atoms. The number of nitrogens with zero attached hydrogens (tertiary/aromatic N) is 2. The van der Waals surface area contributed by atoms with Crippen molar-refractivity contribution in [3.63, 3.8) is 0 Å². The van der Waals surface area contributed by atoms with E-state index in [2.05, 4.69) is 0 Å². The molecule has 0 aliphatic carbocycles. The molecule has 6 heteroatoms. The van der Waals surface area contributed by atoms with E-state index in [9.17, 15) is 9.59 Å². The maximum Gasteiger partial charge on any atom is 0.410 e. The van der Waals surface area contributed by atoms with Gasteiger partial charge in [-0.25, -0.2) is 4.79 Å². The molecule has 2 heterocycles. The quantitative estimate of drug-likeness (QED) is 0.798. The summed E-state index contributed by atoms with van der Waals surface area (Å²) in [6, 6.07) is 0.221. The van der Waals surface area contributed by atoms with E-state index in [1.165, 1.54) is 0 Å². The van der Waals surface area contributed by atoms with Crippen molar-refractivity contribution in [2.75, 3.05) is 33.4 Å². The highest BCUT2D eigenvalue weighted by Crippen LogP contribution is 2.30. The van der Waals surface area contributed by atoms with E-state index in [4.69, 9.17) is 9.47 Å². The van der Waals surface area contributed by atoms with Gasteiger partial charge in [-0.1, -0.05) is 0 Å². The molecule has 132 valence electrons. The zero-order chi connectivity index (χ0) is 17.0. The van der Waals surface area contributed by atoms with Crippen molar-refractivity contribution < 1.29 is 19.1 Å². The third kappa shape index (κ3) is 4.83. The van der Waals surface area contributed by atoms with Crippen LogP contribution in [0.3, 0.4) is 0 Å². The highest BCUT2D eigenvalue weighted by atomic mass is 16.6. The number of methoxy groups -OCH3 is 1. The third-order valence-corrected chi connectivity index (χ3v) is 4.56. The van der Waals surface area contributed by atoms with Gasteiger partial charge in [-0.3, -0.25) is 4.79 Å². The topological polar surface area (TPSA) is 59.1 Å². The summed E-state index contributed by atoms with van der Waals surface area (Å²) in [5.41, 5.74) is -0.472. The minimum atomic E-state index is -0.472. The van der Waals surface area contributed by atoms with E-state index < -0.39 is 5.60 Å². The molecule has 0 saturated carbocycles. The monoisotopic (exact) mass is 326 g/mol. The minimum Gasteiger partial charge on any atom is -0.444 e. The second kappa shape index (κ2) is 7.51. The number of hydrogen-bond donors (Lipinski definition) is 0. The van der Waals surface area contributed by atoms with Crippen LogP contribution < -0.4 is 0 Å². The van der Waals surface area contributed by atoms with Crippen LogP contribution in [-0.2, 0) is 14.3 Å². The molecule has 23 heavy (non-hydrogen) atoms. The van der Waals surface area contributed by atoms with Gasteiger partial charge in [-0.2, -0.15) is 0 Å². The molecule has 2 rings (SSSR count). The van der Waals surface area contributed by atoms with Crippen molar-refractivity contribution in [2.45, 2.75) is 58.1 Å². The second-order valence-corrected chi connectivity index (χ2v) is 7.56. The van der Waals surface area contributed by atoms with E-state index in [0.29, 0.717) is 19.0 Å². The molecule has 6 nitrogen and oxygen atoms in total. The summed E-state index contributed by atoms with van der Waals surface area (Å²) < 4.78 is 10.5. The number of ether oxygens (including phenoxy) is 2. The molecule has 0 bridgehead atoms. The number of rotatable bonds is 3. The Balaban J connectivity index is 1.96. The first-order valence-corrected chi connectivity index (χ1v) is 8.58. The maximum atomic E-state index is 12.3. The van der Waals surface area contributed by atoms with Gasteiger partial charge in [0.1, 0.15) is 12.2 Å². The molecule has 0 radical (unpaired) electrons. The molecule has 0 unspecified atom stereocenters. The van der Waals surface area contributed by atoms with Gasteiger partial charge < -0.3 is 19.3 Å². The fourth-order valence-electron chi connectivity index (χ4n) is 3.56. The molecule has 2 aliphatic rings. The summed E-state index contributed by atoms with van der Waals surface area (Å²) in [4.78, 5) is 28.2. The Morgan fingerprint density at radius 3 is 2.52 bits per heavy atom. The number of carbonyl (C=O) groups excluding carboxylic acids is 2. The lowest BCUT2D eigenvalue weighted by Crippen LogP contribution is -2.49. The molecule has 2 saturated heterocycles. The number of carbonyl (C=O) groups is 2. The Hall–Kier alpha value is -1.30. The van der Waals surface area contributed by atoms with Gasteiger partial charge >= 0.3 is 6.09 Å². The fourth-order valence-corrected chi connectivity index (χ4v) is 3.56. The average molecular weight is 326 g/mol. The number of hydrogen-bond acceptors (Lipinski definition) is 4. The summed E-state index contributed by atoms with van der Waals surface area (Å²) in [5.74, 6) is 0.400. The largest absolute Gasteiger partial charge is 0.444 e. The number of amides is 2. The van der Waals surface area contributed by atoms with Crippen LogP contribution >= 0.6 is 0 Å². The maximum absolute atomic E-state index is 12.3. The summed E-state index contributed by atoms with van der Waals surface area (Å²) in [6.07, 6.45) is 3.90. The van der Waals surface area contributed by atoms with Crippen LogP contribution in [0.1, 0.15) is 46.5 Å². The van der Waals surface area contributed by atoms with Crippen molar-refractivity contribution in [2.24, 2.45) is 5.92 Å². The first kappa shape index (κ1) is 18.0. The molecule has 2 atom stereocenters. The van der Waals surface area contributed by atoms with Crippen molar-refractivity contribution in [3.05, 3.63) is 0 Å².